The fraction of sp³-hybridized carbons (Fsp3) is 0.278. The fourth-order valence-corrected chi connectivity index (χ4v) is 5.80. The summed E-state index contributed by atoms with van der Waals surface area (Å²) in [7, 11) is 1.70. The maximum Gasteiger partial charge on any atom is 0.269 e. The van der Waals surface area contributed by atoms with Crippen molar-refractivity contribution in [3.63, 3.8) is 0 Å². The molecule has 0 aliphatic heterocycles. The molecule has 1 unspecified atom stereocenters. The van der Waals surface area contributed by atoms with Gasteiger partial charge in [0, 0.05) is 35.2 Å². The van der Waals surface area contributed by atoms with E-state index in [9.17, 15) is 14.4 Å². The summed E-state index contributed by atoms with van der Waals surface area (Å²) >= 11 is 1.50. The predicted octanol–water partition coefficient (Wildman–Crippen LogP) is 6.86. The van der Waals surface area contributed by atoms with Gasteiger partial charge in [0.2, 0.25) is 5.91 Å². The maximum absolute atomic E-state index is 13.5. The lowest BCUT2D eigenvalue weighted by molar-refractivity contribution is -0.125. The minimum absolute atomic E-state index is 0.126. The third kappa shape index (κ3) is 8.97. The highest BCUT2D eigenvalue weighted by atomic mass is 32.1. The standard InChI is InChI=1S/C36H40N4O3S/c1-25-24-44-32(37-25)23-40(5)35(43)30-18-12-17-28(22-30)33(41)38-39-34(42)29(21-26-13-8-6-9-14-26)19-20-31(36(2,3)4)27-15-10-7-11-16-27/h6-18,20,22,24,29H,19,21,23H2,1-5H3,(H,38,41)(H,39,42)/b31-20-. The van der Waals surface area contributed by atoms with Crippen molar-refractivity contribution >= 4 is 34.6 Å². The molecule has 1 heterocycles. The molecule has 0 aliphatic carbocycles. The highest BCUT2D eigenvalue weighted by Crippen LogP contribution is 2.35. The molecule has 1 atom stereocenters. The van der Waals surface area contributed by atoms with Crippen molar-refractivity contribution in [2.45, 2.75) is 47.1 Å². The third-order valence-electron chi connectivity index (χ3n) is 7.25. The summed E-state index contributed by atoms with van der Waals surface area (Å²) in [4.78, 5) is 45.6. The number of carbonyl (C=O) groups is 3. The molecule has 44 heavy (non-hydrogen) atoms. The smallest absolute Gasteiger partial charge is 0.269 e. The van der Waals surface area contributed by atoms with Crippen molar-refractivity contribution in [1.82, 2.24) is 20.7 Å². The van der Waals surface area contributed by atoms with Crippen LogP contribution in [0.4, 0.5) is 0 Å². The Labute approximate surface area is 264 Å². The van der Waals surface area contributed by atoms with Crippen molar-refractivity contribution in [3.8, 4) is 0 Å². The van der Waals surface area contributed by atoms with E-state index in [1.165, 1.54) is 17.4 Å². The number of hydrogen-bond donors (Lipinski definition) is 2. The van der Waals surface area contributed by atoms with Gasteiger partial charge in [0.1, 0.15) is 5.01 Å². The van der Waals surface area contributed by atoms with Gasteiger partial charge in [-0.2, -0.15) is 0 Å². The Kier molecular flexibility index (Phi) is 10.8. The van der Waals surface area contributed by atoms with E-state index in [1.54, 1.807) is 30.1 Å². The number of allylic oxidation sites excluding steroid dienone is 2. The lowest BCUT2D eigenvalue weighted by Crippen LogP contribution is -2.45. The molecule has 3 aromatic carbocycles. The van der Waals surface area contributed by atoms with Crippen molar-refractivity contribution < 1.29 is 14.4 Å². The molecule has 2 N–H and O–H groups in total. The molecule has 4 aromatic rings. The van der Waals surface area contributed by atoms with E-state index in [0.29, 0.717) is 24.9 Å². The van der Waals surface area contributed by atoms with Crippen LogP contribution >= 0.6 is 11.3 Å². The second-order valence-electron chi connectivity index (χ2n) is 11.9. The Morgan fingerprint density at radius 2 is 1.52 bits per heavy atom. The van der Waals surface area contributed by atoms with E-state index in [0.717, 1.165) is 27.4 Å². The van der Waals surface area contributed by atoms with E-state index in [2.05, 4.69) is 54.8 Å². The van der Waals surface area contributed by atoms with Crippen LogP contribution in [-0.2, 0) is 17.8 Å². The van der Waals surface area contributed by atoms with Crippen LogP contribution in [0.2, 0.25) is 0 Å². The first-order chi connectivity index (χ1) is 21.0. The molecule has 0 bridgehead atoms. The number of amides is 3. The minimum Gasteiger partial charge on any atom is -0.335 e. The molecule has 7 nitrogen and oxygen atoms in total. The minimum atomic E-state index is -0.500. The van der Waals surface area contributed by atoms with Gasteiger partial charge in [-0.3, -0.25) is 25.2 Å². The van der Waals surface area contributed by atoms with Gasteiger partial charge in [-0.05, 0) is 60.1 Å². The summed E-state index contributed by atoms with van der Waals surface area (Å²) in [6.07, 6.45) is 3.15. The summed E-state index contributed by atoms with van der Waals surface area (Å²) in [5.74, 6) is -1.43. The average molecular weight is 609 g/mol. The zero-order valence-electron chi connectivity index (χ0n) is 26.0. The van der Waals surface area contributed by atoms with E-state index in [1.807, 2.05) is 60.8 Å². The first-order valence-corrected chi connectivity index (χ1v) is 15.6. The van der Waals surface area contributed by atoms with E-state index < -0.39 is 11.8 Å². The first-order valence-electron chi connectivity index (χ1n) is 14.7. The predicted molar refractivity (Wildman–Crippen MR) is 177 cm³/mol. The van der Waals surface area contributed by atoms with Crippen LogP contribution in [-0.4, -0.2) is 34.7 Å². The van der Waals surface area contributed by atoms with Gasteiger partial charge >= 0.3 is 0 Å². The second-order valence-corrected chi connectivity index (χ2v) is 12.9. The Balaban J connectivity index is 1.46. The van der Waals surface area contributed by atoms with Gasteiger partial charge < -0.3 is 4.90 Å². The molecule has 0 spiro atoms. The van der Waals surface area contributed by atoms with Crippen molar-refractivity contribution in [2.75, 3.05) is 7.05 Å². The molecule has 0 saturated heterocycles. The second kappa shape index (κ2) is 14.8. The number of aryl methyl sites for hydroxylation is 1. The van der Waals surface area contributed by atoms with Crippen LogP contribution in [0.1, 0.15) is 69.7 Å². The van der Waals surface area contributed by atoms with Crippen molar-refractivity contribution in [2.24, 2.45) is 11.3 Å². The van der Waals surface area contributed by atoms with Gasteiger partial charge in [-0.15, -0.1) is 11.3 Å². The fourth-order valence-electron chi connectivity index (χ4n) is 4.97. The zero-order chi connectivity index (χ0) is 31.7. The van der Waals surface area contributed by atoms with E-state index in [-0.39, 0.29) is 22.8 Å². The molecule has 0 fully saturated rings. The van der Waals surface area contributed by atoms with Crippen LogP contribution in [0.15, 0.2) is 96.4 Å². The van der Waals surface area contributed by atoms with E-state index in [4.69, 9.17) is 0 Å². The maximum atomic E-state index is 13.5. The molecule has 0 aliphatic rings. The molecule has 8 heteroatoms. The van der Waals surface area contributed by atoms with E-state index >= 15 is 0 Å². The Hall–Kier alpha value is -4.56. The molecular formula is C36H40N4O3S. The van der Waals surface area contributed by atoms with Gasteiger partial charge in [0.25, 0.3) is 11.8 Å². The normalized spacial score (nSPS) is 12.3. The summed E-state index contributed by atoms with van der Waals surface area (Å²) in [5.41, 5.74) is 9.95. The number of thiazole rings is 1. The Morgan fingerprint density at radius 3 is 2.16 bits per heavy atom. The number of benzene rings is 3. The number of hydrogen-bond acceptors (Lipinski definition) is 5. The molecule has 4 rings (SSSR count). The third-order valence-corrected chi connectivity index (χ3v) is 8.20. The number of rotatable bonds is 10. The molecule has 0 saturated carbocycles. The highest BCUT2D eigenvalue weighted by Gasteiger charge is 2.23. The highest BCUT2D eigenvalue weighted by molar-refractivity contribution is 7.09. The topological polar surface area (TPSA) is 91.4 Å². The largest absolute Gasteiger partial charge is 0.335 e. The molecular weight excluding hydrogens is 568 g/mol. The molecule has 1 aromatic heterocycles. The van der Waals surface area contributed by atoms with Gasteiger partial charge in [-0.1, -0.05) is 93.6 Å². The lowest BCUT2D eigenvalue weighted by atomic mass is 9.80. The number of nitrogens with zero attached hydrogens (tertiary/aromatic N) is 2. The summed E-state index contributed by atoms with van der Waals surface area (Å²) in [5, 5.41) is 2.79. The molecule has 228 valence electrons. The van der Waals surface area contributed by atoms with Crippen molar-refractivity contribution in [1.29, 1.82) is 0 Å². The van der Waals surface area contributed by atoms with Gasteiger partial charge in [-0.25, -0.2) is 4.98 Å². The van der Waals surface area contributed by atoms with Crippen LogP contribution in [0.3, 0.4) is 0 Å². The Morgan fingerprint density at radius 1 is 0.886 bits per heavy atom. The monoisotopic (exact) mass is 608 g/mol. The quantitative estimate of drug-likeness (QED) is 0.192. The first kappa shape index (κ1) is 32.4. The van der Waals surface area contributed by atoms with Crippen LogP contribution in [0.25, 0.3) is 5.57 Å². The Bertz CT molecular complexity index is 1610. The number of carbonyl (C=O) groups excluding carboxylic acids is 3. The van der Waals surface area contributed by atoms with Gasteiger partial charge in [0.15, 0.2) is 0 Å². The van der Waals surface area contributed by atoms with Crippen LogP contribution in [0, 0.1) is 18.3 Å². The summed E-state index contributed by atoms with van der Waals surface area (Å²) in [6, 6.07) is 26.5. The lowest BCUT2D eigenvalue weighted by Gasteiger charge is -2.25. The number of aromatic nitrogens is 1. The van der Waals surface area contributed by atoms with Gasteiger partial charge in [0.05, 0.1) is 6.54 Å². The van der Waals surface area contributed by atoms with Crippen molar-refractivity contribution in [3.05, 3.63) is 129 Å². The van der Waals surface area contributed by atoms with Crippen LogP contribution in [0.5, 0.6) is 0 Å². The zero-order valence-corrected chi connectivity index (χ0v) is 26.8. The molecule has 0 radical (unpaired) electrons. The molecule has 3 amide bonds. The number of hydrazine groups is 1. The SMILES string of the molecule is Cc1csc(CN(C)C(=O)c2cccc(C(=O)NNC(=O)C(C/C=C(/c3ccccc3)C(C)(C)C)Cc3ccccc3)c2)n1. The average Bonchev–Trinajstić information content (AvgIpc) is 3.43. The van der Waals surface area contributed by atoms with Crippen LogP contribution < -0.4 is 10.9 Å². The summed E-state index contributed by atoms with van der Waals surface area (Å²) < 4.78 is 0. The summed E-state index contributed by atoms with van der Waals surface area (Å²) in [6.45, 7) is 8.78. The number of nitrogens with one attached hydrogen (secondary N) is 2.